The predicted molar refractivity (Wildman–Crippen MR) is 115 cm³/mol. The standard InChI is InChI=1S/C23H27N3O7/c1-32-15-7-4-5-13(11-15)20(28)24-16-8-3-2-6-14-9-10-18(26(14)22(16)30)21(29)25-17-12-19(27)33-23(17)31/h2-5,7,11,14,16-18,23,31H,6,8-10,12H2,1H3,(H,24,28)(H,25,29)/t14-,16+,17?,18+,23?/m1/s1. The maximum absolute atomic E-state index is 13.5. The zero-order chi connectivity index (χ0) is 23.5. The predicted octanol–water partition coefficient (Wildman–Crippen LogP) is 0.253. The van der Waals surface area contributed by atoms with Crippen molar-refractivity contribution in [3.05, 3.63) is 42.0 Å². The first kappa shape index (κ1) is 22.8. The molecule has 3 amide bonds. The quantitative estimate of drug-likeness (QED) is 0.426. The van der Waals surface area contributed by atoms with Crippen LogP contribution in [0.2, 0.25) is 0 Å². The van der Waals surface area contributed by atoms with Crippen LogP contribution in [-0.4, -0.2) is 71.3 Å². The van der Waals surface area contributed by atoms with Gasteiger partial charge in [-0.25, -0.2) is 0 Å². The van der Waals surface area contributed by atoms with Crippen molar-refractivity contribution in [2.45, 2.75) is 62.6 Å². The van der Waals surface area contributed by atoms with Gasteiger partial charge in [0.25, 0.3) is 5.91 Å². The van der Waals surface area contributed by atoms with Crippen molar-refractivity contribution in [1.29, 1.82) is 0 Å². The van der Waals surface area contributed by atoms with Gasteiger partial charge in [0.05, 0.1) is 13.5 Å². The molecule has 0 bridgehead atoms. The summed E-state index contributed by atoms with van der Waals surface area (Å²) in [5.74, 6) is -1.26. The molecule has 2 unspecified atom stereocenters. The highest BCUT2D eigenvalue weighted by molar-refractivity contribution is 5.99. The Hall–Kier alpha value is -3.40. The van der Waals surface area contributed by atoms with Gasteiger partial charge in [-0.05, 0) is 43.9 Å². The van der Waals surface area contributed by atoms with Gasteiger partial charge in [0.15, 0.2) is 0 Å². The third-order valence-corrected chi connectivity index (χ3v) is 6.25. The zero-order valence-corrected chi connectivity index (χ0v) is 18.2. The van der Waals surface area contributed by atoms with Gasteiger partial charge in [0, 0.05) is 11.6 Å². The number of rotatable bonds is 5. The summed E-state index contributed by atoms with van der Waals surface area (Å²) < 4.78 is 9.84. The van der Waals surface area contributed by atoms with Crippen LogP contribution >= 0.6 is 0 Å². The molecule has 0 radical (unpaired) electrons. The minimum Gasteiger partial charge on any atom is -0.497 e. The lowest BCUT2D eigenvalue weighted by Gasteiger charge is -2.34. The summed E-state index contributed by atoms with van der Waals surface area (Å²) in [6, 6.07) is 4.01. The van der Waals surface area contributed by atoms with Crippen LogP contribution in [0.25, 0.3) is 0 Å². The van der Waals surface area contributed by atoms with Gasteiger partial charge in [-0.15, -0.1) is 0 Å². The number of cyclic esters (lactones) is 1. The Morgan fingerprint density at radius 1 is 1.15 bits per heavy atom. The van der Waals surface area contributed by atoms with Crippen LogP contribution < -0.4 is 15.4 Å². The number of nitrogens with zero attached hydrogens (tertiary/aromatic N) is 1. The highest BCUT2D eigenvalue weighted by Crippen LogP contribution is 2.30. The summed E-state index contributed by atoms with van der Waals surface area (Å²) in [4.78, 5) is 52.2. The molecule has 3 aliphatic heterocycles. The van der Waals surface area contributed by atoms with Crippen LogP contribution in [0.15, 0.2) is 36.4 Å². The number of carbonyl (C=O) groups is 4. The fourth-order valence-corrected chi connectivity index (χ4v) is 4.54. The summed E-state index contributed by atoms with van der Waals surface area (Å²) in [6.07, 6.45) is 4.30. The van der Waals surface area contributed by atoms with Crippen molar-refractivity contribution in [3.8, 4) is 5.75 Å². The highest BCUT2D eigenvalue weighted by atomic mass is 16.6. The van der Waals surface area contributed by atoms with E-state index in [4.69, 9.17) is 4.74 Å². The van der Waals surface area contributed by atoms with Gasteiger partial charge in [-0.1, -0.05) is 18.2 Å². The molecule has 2 saturated heterocycles. The smallest absolute Gasteiger partial charge is 0.310 e. The van der Waals surface area contributed by atoms with Crippen LogP contribution in [0.5, 0.6) is 5.75 Å². The summed E-state index contributed by atoms with van der Waals surface area (Å²) in [7, 11) is 1.51. The van der Waals surface area contributed by atoms with Crippen LogP contribution in [-0.2, 0) is 19.1 Å². The monoisotopic (exact) mass is 457 g/mol. The Bertz CT molecular complexity index is 979. The number of ether oxygens (including phenoxy) is 2. The summed E-state index contributed by atoms with van der Waals surface area (Å²) in [5, 5.41) is 15.2. The van der Waals surface area contributed by atoms with E-state index >= 15 is 0 Å². The molecule has 33 heavy (non-hydrogen) atoms. The molecule has 176 valence electrons. The van der Waals surface area contributed by atoms with E-state index in [-0.39, 0.29) is 18.4 Å². The van der Waals surface area contributed by atoms with Crippen LogP contribution in [0.4, 0.5) is 0 Å². The van der Waals surface area contributed by atoms with Crippen molar-refractivity contribution < 1.29 is 33.8 Å². The number of carbonyl (C=O) groups excluding carboxylic acids is 4. The minimum absolute atomic E-state index is 0.126. The Labute approximate surface area is 190 Å². The number of fused-ring (bicyclic) bond motifs is 1. The SMILES string of the molecule is COc1cccc(C(=O)N[C@H]2CC=CC[C@@H]3CC[C@@H](C(=O)NC4CC(=O)OC4O)N3C2=O)c1. The maximum atomic E-state index is 13.5. The average molecular weight is 457 g/mol. The minimum atomic E-state index is -1.40. The van der Waals surface area contributed by atoms with E-state index in [0.717, 1.165) is 0 Å². The molecular formula is C23H27N3O7. The van der Waals surface area contributed by atoms with Crippen molar-refractivity contribution >= 4 is 23.7 Å². The first-order valence-corrected chi connectivity index (χ1v) is 11.0. The highest BCUT2D eigenvalue weighted by Gasteiger charge is 2.45. The van der Waals surface area contributed by atoms with Gasteiger partial charge in [0.2, 0.25) is 18.1 Å². The van der Waals surface area contributed by atoms with Crippen molar-refractivity contribution in [2.75, 3.05) is 7.11 Å². The Morgan fingerprint density at radius 2 is 1.94 bits per heavy atom. The average Bonchev–Trinajstić information content (AvgIpc) is 3.36. The second-order valence-corrected chi connectivity index (χ2v) is 8.39. The Morgan fingerprint density at radius 3 is 2.67 bits per heavy atom. The Balaban J connectivity index is 1.49. The first-order valence-electron chi connectivity index (χ1n) is 11.0. The van der Waals surface area contributed by atoms with E-state index in [1.807, 2.05) is 12.2 Å². The molecule has 0 aliphatic carbocycles. The fourth-order valence-electron chi connectivity index (χ4n) is 4.54. The largest absolute Gasteiger partial charge is 0.497 e. The van der Waals surface area contributed by atoms with Crippen LogP contribution in [0.3, 0.4) is 0 Å². The number of amides is 3. The number of methoxy groups -OCH3 is 1. The van der Waals surface area contributed by atoms with Gasteiger partial charge >= 0.3 is 5.97 Å². The number of esters is 1. The van der Waals surface area contributed by atoms with E-state index in [9.17, 15) is 24.3 Å². The number of benzene rings is 1. The topological polar surface area (TPSA) is 134 Å². The Kier molecular flexibility index (Phi) is 6.64. The molecule has 10 heteroatoms. The van der Waals surface area contributed by atoms with Crippen molar-refractivity contribution in [3.63, 3.8) is 0 Å². The summed E-state index contributed by atoms with van der Waals surface area (Å²) >= 11 is 0. The maximum Gasteiger partial charge on any atom is 0.310 e. The molecule has 3 N–H and O–H groups in total. The lowest BCUT2D eigenvalue weighted by Crippen LogP contribution is -2.57. The molecule has 3 heterocycles. The summed E-state index contributed by atoms with van der Waals surface area (Å²) in [5.41, 5.74) is 0.361. The molecule has 10 nitrogen and oxygen atoms in total. The first-order chi connectivity index (χ1) is 15.9. The van der Waals surface area contributed by atoms with E-state index < -0.39 is 42.2 Å². The second kappa shape index (κ2) is 9.62. The van der Waals surface area contributed by atoms with Crippen molar-refractivity contribution in [1.82, 2.24) is 15.5 Å². The lowest BCUT2D eigenvalue weighted by molar-refractivity contribution is -0.155. The number of nitrogens with one attached hydrogen (secondary N) is 2. The molecule has 3 aliphatic rings. The van der Waals surface area contributed by atoms with Gasteiger partial charge in [-0.2, -0.15) is 0 Å². The van der Waals surface area contributed by atoms with Gasteiger partial charge in [-0.3, -0.25) is 19.2 Å². The van der Waals surface area contributed by atoms with Gasteiger partial charge < -0.3 is 30.1 Å². The van der Waals surface area contributed by atoms with E-state index in [0.29, 0.717) is 37.0 Å². The zero-order valence-electron chi connectivity index (χ0n) is 18.2. The molecule has 0 spiro atoms. The molecule has 1 aromatic rings. The molecule has 0 saturated carbocycles. The third-order valence-electron chi connectivity index (χ3n) is 6.25. The van der Waals surface area contributed by atoms with Crippen LogP contribution in [0.1, 0.15) is 42.5 Å². The van der Waals surface area contributed by atoms with E-state index in [1.165, 1.54) is 7.11 Å². The number of aliphatic hydroxyl groups is 1. The lowest BCUT2D eigenvalue weighted by atomic mass is 10.0. The van der Waals surface area contributed by atoms with Gasteiger partial charge in [0.1, 0.15) is 23.9 Å². The molecular weight excluding hydrogens is 430 g/mol. The third kappa shape index (κ3) is 4.85. The van der Waals surface area contributed by atoms with Crippen molar-refractivity contribution in [2.24, 2.45) is 0 Å². The van der Waals surface area contributed by atoms with E-state index in [1.54, 1.807) is 29.2 Å². The summed E-state index contributed by atoms with van der Waals surface area (Å²) in [6.45, 7) is 0. The van der Waals surface area contributed by atoms with Crippen LogP contribution in [0, 0.1) is 0 Å². The molecule has 0 aromatic heterocycles. The fraction of sp³-hybridized carbons (Fsp3) is 0.478. The second-order valence-electron chi connectivity index (χ2n) is 8.39. The van der Waals surface area contributed by atoms with E-state index in [2.05, 4.69) is 15.4 Å². The number of hydrogen-bond acceptors (Lipinski definition) is 7. The number of hydrogen-bond donors (Lipinski definition) is 3. The molecule has 4 rings (SSSR count). The normalized spacial score (nSPS) is 29.0. The number of aliphatic hydroxyl groups excluding tert-OH is 1. The molecule has 1 aromatic carbocycles. The molecule has 5 atom stereocenters. The molecule has 2 fully saturated rings.